The molecule has 0 aliphatic carbocycles. The van der Waals surface area contributed by atoms with Crippen molar-refractivity contribution >= 4 is 43.9 Å². The van der Waals surface area contributed by atoms with E-state index in [0.717, 1.165) is 60.8 Å². The summed E-state index contributed by atoms with van der Waals surface area (Å²) in [6.07, 6.45) is 1.62. The third-order valence-corrected chi connectivity index (χ3v) is 8.19. The summed E-state index contributed by atoms with van der Waals surface area (Å²) in [6.45, 7) is 0. The number of nitrogens with zero attached hydrogens (tertiary/aromatic N) is 6. The molecule has 4 aromatic heterocycles. The van der Waals surface area contributed by atoms with E-state index in [2.05, 4.69) is 128 Å². The predicted molar refractivity (Wildman–Crippen MR) is 173 cm³/mol. The second-order valence-electron chi connectivity index (χ2n) is 10.6. The van der Waals surface area contributed by atoms with Crippen LogP contribution in [0, 0.1) is 0 Å². The van der Waals surface area contributed by atoms with E-state index in [1.807, 2.05) is 30.3 Å². The summed E-state index contributed by atoms with van der Waals surface area (Å²) in [5.74, 6) is 1.22. The maximum atomic E-state index is 5.09. The van der Waals surface area contributed by atoms with Gasteiger partial charge in [0.1, 0.15) is 6.33 Å². The molecule has 43 heavy (non-hydrogen) atoms. The van der Waals surface area contributed by atoms with E-state index in [1.54, 1.807) is 6.33 Å². The van der Waals surface area contributed by atoms with E-state index in [9.17, 15) is 0 Å². The van der Waals surface area contributed by atoms with Gasteiger partial charge in [0.05, 0.1) is 33.1 Å². The van der Waals surface area contributed by atoms with Gasteiger partial charge in [-0.05, 0) is 36.4 Å². The number of hydrogen-bond donors (Lipinski definition) is 0. The fourth-order valence-corrected chi connectivity index (χ4v) is 6.46. The molecule has 0 radical (unpaired) electrons. The highest BCUT2D eigenvalue weighted by Gasteiger charge is 2.28. The molecule has 9 rings (SSSR count). The van der Waals surface area contributed by atoms with Gasteiger partial charge in [-0.1, -0.05) is 103 Å². The summed E-state index contributed by atoms with van der Waals surface area (Å²) >= 11 is 0. The van der Waals surface area contributed by atoms with Crippen molar-refractivity contribution in [1.82, 2.24) is 28.7 Å². The van der Waals surface area contributed by atoms with E-state index in [-0.39, 0.29) is 0 Å². The van der Waals surface area contributed by atoms with Gasteiger partial charge in [-0.15, -0.1) is 0 Å². The van der Waals surface area contributed by atoms with Crippen LogP contribution < -0.4 is 0 Å². The van der Waals surface area contributed by atoms with Crippen LogP contribution in [-0.2, 0) is 0 Å². The van der Waals surface area contributed by atoms with Crippen molar-refractivity contribution in [3.05, 3.63) is 146 Å². The first-order chi connectivity index (χ1) is 21.4. The minimum absolute atomic E-state index is 0.584. The predicted octanol–water partition coefficient (Wildman–Crippen LogP) is 8.52. The van der Waals surface area contributed by atoms with Gasteiger partial charge in [0.25, 0.3) is 0 Å². The Kier molecular flexibility index (Phi) is 5.10. The Hall–Kier alpha value is -6.01. The molecular formula is C37H24N6. The molecule has 9 aromatic rings. The Bertz CT molecular complexity index is 2300. The quantitative estimate of drug-likeness (QED) is 0.220. The summed E-state index contributed by atoms with van der Waals surface area (Å²) in [6, 6.07) is 48.4. The summed E-state index contributed by atoms with van der Waals surface area (Å²) in [5.41, 5.74) is 9.71. The molecular weight excluding hydrogens is 528 g/mol. The van der Waals surface area contributed by atoms with Gasteiger partial charge in [-0.2, -0.15) is 4.98 Å². The van der Waals surface area contributed by atoms with E-state index < -0.39 is 0 Å². The molecule has 0 fully saturated rings. The molecule has 6 nitrogen and oxygen atoms in total. The van der Waals surface area contributed by atoms with Crippen molar-refractivity contribution in [3.8, 4) is 28.7 Å². The highest BCUT2D eigenvalue weighted by molar-refractivity contribution is 6.25. The average Bonchev–Trinajstić information content (AvgIpc) is 3.71. The van der Waals surface area contributed by atoms with Gasteiger partial charge in [0.2, 0.25) is 5.95 Å². The van der Waals surface area contributed by atoms with Gasteiger partial charge >= 0.3 is 0 Å². The number of benzene rings is 5. The third kappa shape index (κ3) is 3.44. The van der Waals surface area contributed by atoms with Crippen molar-refractivity contribution < 1.29 is 0 Å². The molecule has 0 spiro atoms. The maximum absolute atomic E-state index is 5.09. The summed E-state index contributed by atoms with van der Waals surface area (Å²) in [7, 11) is 0. The molecule has 0 aliphatic heterocycles. The number of para-hydroxylation sites is 4. The van der Waals surface area contributed by atoms with Crippen molar-refractivity contribution in [2.45, 2.75) is 0 Å². The van der Waals surface area contributed by atoms with Crippen molar-refractivity contribution in [2.75, 3.05) is 0 Å². The second-order valence-corrected chi connectivity index (χ2v) is 10.6. The molecule has 5 aromatic carbocycles. The van der Waals surface area contributed by atoms with Crippen LogP contribution in [0.5, 0.6) is 0 Å². The summed E-state index contributed by atoms with van der Waals surface area (Å²) < 4.78 is 6.99. The van der Waals surface area contributed by atoms with Gasteiger partial charge in [0.15, 0.2) is 5.82 Å². The van der Waals surface area contributed by atoms with E-state index in [1.165, 1.54) is 0 Å². The summed E-state index contributed by atoms with van der Waals surface area (Å²) in [5, 5.41) is 2.26. The summed E-state index contributed by atoms with van der Waals surface area (Å²) in [4.78, 5) is 14.5. The van der Waals surface area contributed by atoms with Crippen LogP contribution in [0.3, 0.4) is 0 Å². The van der Waals surface area contributed by atoms with Crippen LogP contribution in [0.4, 0.5) is 0 Å². The Labute approximate surface area is 246 Å². The fraction of sp³-hybridized carbons (Fsp3) is 0. The molecule has 6 heteroatoms. The van der Waals surface area contributed by atoms with Crippen LogP contribution in [0.15, 0.2) is 146 Å². The average molecular weight is 553 g/mol. The van der Waals surface area contributed by atoms with Crippen LogP contribution >= 0.6 is 0 Å². The number of rotatable bonds is 4. The SMILES string of the molecule is c1ccc(-c2ncnc(-n3c4c5ccccc5n(-c5ccccc5)c4c4c3c3ccccc3n4-c3ccccc3)n2)cc1. The lowest BCUT2D eigenvalue weighted by atomic mass is 10.2. The van der Waals surface area contributed by atoms with Crippen LogP contribution in [-0.4, -0.2) is 28.7 Å². The molecule has 0 N–H and O–H groups in total. The van der Waals surface area contributed by atoms with E-state index >= 15 is 0 Å². The Morgan fingerprint density at radius 2 is 0.860 bits per heavy atom. The monoisotopic (exact) mass is 552 g/mol. The normalized spacial score (nSPS) is 11.7. The van der Waals surface area contributed by atoms with Gasteiger partial charge < -0.3 is 9.13 Å². The highest BCUT2D eigenvalue weighted by Crippen LogP contribution is 2.44. The zero-order valence-corrected chi connectivity index (χ0v) is 23.0. The first-order valence-corrected chi connectivity index (χ1v) is 14.3. The highest BCUT2D eigenvalue weighted by atomic mass is 15.2. The Morgan fingerprint density at radius 1 is 0.395 bits per heavy atom. The van der Waals surface area contributed by atoms with E-state index in [4.69, 9.17) is 9.97 Å². The smallest absolute Gasteiger partial charge is 0.238 e. The Balaban J connectivity index is 1.54. The molecule has 0 bridgehead atoms. The minimum Gasteiger partial charge on any atom is -0.306 e. The number of fused-ring (bicyclic) bond motifs is 7. The zero-order valence-electron chi connectivity index (χ0n) is 23.0. The van der Waals surface area contributed by atoms with Crippen LogP contribution in [0.2, 0.25) is 0 Å². The molecule has 0 unspecified atom stereocenters. The molecule has 0 saturated carbocycles. The van der Waals surface area contributed by atoms with Crippen molar-refractivity contribution in [3.63, 3.8) is 0 Å². The van der Waals surface area contributed by atoms with Crippen molar-refractivity contribution in [1.29, 1.82) is 0 Å². The molecule has 0 aliphatic rings. The molecule has 0 saturated heterocycles. The Morgan fingerprint density at radius 3 is 1.40 bits per heavy atom. The van der Waals surface area contributed by atoms with Crippen LogP contribution in [0.25, 0.3) is 72.6 Å². The van der Waals surface area contributed by atoms with E-state index in [0.29, 0.717) is 11.8 Å². The topological polar surface area (TPSA) is 53.5 Å². The zero-order chi connectivity index (χ0) is 28.3. The molecule has 0 atom stereocenters. The second kappa shape index (κ2) is 9.26. The lowest BCUT2D eigenvalue weighted by Gasteiger charge is -2.10. The molecule has 0 amide bonds. The number of aromatic nitrogens is 6. The van der Waals surface area contributed by atoms with Gasteiger partial charge in [-0.25, -0.2) is 9.97 Å². The van der Waals surface area contributed by atoms with Crippen LogP contribution in [0.1, 0.15) is 0 Å². The third-order valence-electron chi connectivity index (χ3n) is 8.19. The number of hydrogen-bond acceptors (Lipinski definition) is 3. The van der Waals surface area contributed by atoms with Crippen molar-refractivity contribution in [2.24, 2.45) is 0 Å². The minimum atomic E-state index is 0.584. The van der Waals surface area contributed by atoms with Gasteiger partial charge in [0, 0.05) is 27.7 Å². The first-order valence-electron chi connectivity index (χ1n) is 14.3. The first kappa shape index (κ1) is 23.7. The lowest BCUT2D eigenvalue weighted by molar-refractivity contribution is 0.950. The molecule has 4 heterocycles. The maximum Gasteiger partial charge on any atom is 0.238 e. The standard InChI is InChI=1S/C37H24N6/c1-4-14-25(15-5-1)36-38-24-39-37(40-36)43-32-28-20-10-12-22-30(28)41(26-16-6-2-7-17-26)34(32)35-33(43)29-21-11-13-23-31(29)42(35)27-18-8-3-9-19-27/h1-24H. The lowest BCUT2D eigenvalue weighted by Crippen LogP contribution is -2.03. The van der Waals surface area contributed by atoms with Gasteiger partial charge in [-0.3, -0.25) is 4.57 Å². The largest absolute Gasteiger partial charge is 0.306 e. The molecule has 202 valence electrons. The fourth-order valence-electron chi connectivity index (χ4n) is 6.46.